The topological polar surface area (TPSA) is 75.5 Å². The van der Waals surface area contributed by atoms with Gasteiger partial charge < -0.3 is 9.84 Å². The molecular formula is C14H15N3O3. The van der Waals surface area contributed by atoms with E-state index in [9.17, 15) is 4.79 Å². The highest BCUT2D eigenvalue weighted by molar-refractivity contribution is 5.85. The predicted octanol–water partition coefficient (Wildman–Crippen LogP) is 1.61. The van der Waals surface area contributed by atoms with E-state index in [4.69, 9.17) is 9.84 Å². The van der Waals surface area contributed by atoms with Crippen LogP contribution in [0.1, 0.15) is 5.56 Å². The molecule has 0 unspecified atom stereocenters. The molecule has 0 atom stereocenters. The molecule has 0 bridgehead atoms. The number of carbonyl (C=O) groups is 1. The van der Waals surface area contributed by atoms with Gasteiger partial charge in [0, 0.05) is 12.4 Å². The van der Waals surface area contributed by atoms with Gasteiger partial charge in [-0.25, -0.2) is 19.7 Å². The van der Waals surface area contributed by atoms with Crippen molar-refractivity contribution in [3.05, 3.63) is 54.4 Å². The maximum atomic E-state index is 12.0. The van der Waals surface area contributed by atoms with E-state index in [1.807, 2.05) is 30.3 Å². The number of anilines is 1. The van der Waals surface area contributed by atoms with Gasteiger partial charge in [0.1, 0.15) is 6.61 Å². The molecule has 0 aliphatic heterocycles. The van der Waals surface area contributed by atoms with E-state index >= 15 is 0 Å². The molecule has 1 aromatic carbocycles. The van der Waals surface area contributed by atoms with E-state index < -0.39 is 6.09 Å². The van der Waals surface area contributed by atoms with Gasteiger partial charge in [0.15, 0.2) is 0 Å². The van der Waals surface area contributed by atoms with Gasteiger partial charge in [-0.2, -0.15) is 0 Å². The van der Waals surface area contributed by atoms with Crippen LogP contribution in [-0.4, -0.2) is 34.3 Å². The summed E-state index contributed by atoms with van der Waals surface area (Å²) in [4.78, 5) is 21.2. The highest BCUT2D eigenvalue weighted by atomic mass is 16.6. The van der Waals surface area contributed by atoms with Crippen LogP contribution < -0.4 is 4.90 Å². The molecule has 0 aliphatic carbocycles. The van der Waals surface area contributed by atoms with Gasteiger partial charge in [-0.1, -0.05) is 30.3 Å². The van der Waals surface area contributed by atoms with E-state index in [1.165, 1.54) is 17.3 Å². The second kappa shape index (κ2) is 7.20. The zero-order valence-electron chi connectivity index (χ0n) is 10.8. The fourth-order valence-electron chi connectivity index (χ4n) is 1.60. The number of aromatic nitrogens is 2. The maximum Gasteiger partial charge on any atom is 0.417 e. The summed E-state index contributed by atoms with van der Waals surface area (Å²) in [5, 5.41) is 9.03. The lowest BCUT2D eigenvalue weighted by Crippen LogP contribution is -2.35. The number of carbonyl (C=O) groups excluding carboxylic acids is 1. The van der Waals surface area contributed by atoms with Crippen molar-refractivity contribution in [1.82, 2.24) is 9.97 Å². The van der Waals surface area contributed by atoms with Gasteiger partial charge in [0.2, 0.25) is 5.95 Å². The lowest BCUT2D eigenvalue weighted by Gasteiger charge is -2.18. The van der Waals surface area contributed by atoms with E-state index in [0.29, 0.717) is 0 Å². The maximum absolute atomic E-state index is 12.0. The Morgan fingerprint density at radius 3 is 2.50 bits per heavy atom. The first-order chi connectivity index (χ1) is 9.81. The van der Waals surface area contributed by atoms with Crippen molar-refractivity contribution in [2.75, 3.05) is 18.1 Å². The molecule has 2 aromatic rings. The van der Waals surface area contributed by atoms with Crippen molar-refractivity contribution in [2.45, 2.75) is 6.61 Å². The SMILES string of the molecule is O=C(OCc1ccccc1)N(CCO)c1ncccn1. The van der Waals surface area contributed by atoms with Gasteiger partial charge in [0.05, 0.1) is 13.2 Å². The fraction of sp³-hybridized carbons (Fsp3) is 0.214. The molecule has 1 heterocycles. The first kappa shape index (κ1) is 14.0. The van der Waals surface area contributed by atoms with Crippen molar-refractivity contribution in [3.63, 3.8) is 0 Å². The highest BCUT2D eigenvalue weighted by Crippen LogP contribution is 2.09. The van der Waals surface area contributed by atoms with Crippen LogP contribution >= 0.6 is 0 Å². The normalized spacial score (nSPS) is 10.1. The molecule has 0 fully saturated rings. The molecule has 6 nitrogen and oxygen atoms in total. The van der Waals surface area contributed by atoms with Crippen molar-refractivity contribution < 1.29 is 14.6 Å². The minimum atomic E-state index is -0.589. The second-order valence-corrected chi connectivity index (χ2v) is 3.96. The summed E-state index contributed by atoms with van der Waals surface area (Å²) in [5.74, 6) is 0.208. The summed E-state index contributed by atoms with van der Waals surface area (Å²) < 4.78 is 5.19. The lowest BCUT2D eigenvalue weighted by molar-refractivity contribution is 0.144. The minimum absolute atomic E-state index is 0.0810. The van der Waals surface area contributed by atoms with Gasteiger partial charge in [0.25, 0.3) is 0 Å². The molecule has 0 spiro atoms. The molecule has 6 heteroatoms. The molecule has 1 aromatic heterocycles. The third-order valence-corrected chi connectivity index (χ3v) is 2.54. The monoisotopic (exact) mass is 273 g/mol. The number of nitrogens with zero attached hydrogens (tertiary/aromatic N) is 3. The van der Waals surface area contributed by atoms with Gasteiger partial charge in [-0.05, 0) is 11.6 Å². The molecule has 0 radical (unpaired) electrons. The summed E-state index contributed by atoms with van der Waals surface area (Å²) in [6.45, 7) is 0.0464. The molecule has 1 amide bonds. The number of rotatable bonds is 5. The summed E-state index contributed by atoms with van der Waals surface area (Å²) in [5.41, 5.74) is 0.888. The van der Waals surface area contributed by atoms with Crippen molar-refractivity contribution in [3.8, 4) is 0 Å². The largest absolute Gasteiger partial charge is 0.444 e. The third kappa shape index (κ3) is 3.76. The average molecular weight is 273 g/mol. The van der Waals surface area contributed by atoms with Crippen LogP contribution in [0.15, 0.2) is 48.8 Å². The molecule has 2 rings (SSSR count). The van der Waals surface area contributed by atoms with Crippen LogP contribution in [0.5, 0.6) is 0 Å². The average Bonchev–Trinajstić information content (AvgIpc) is 2.52. The van der Waals surface area contributed by atoms with Crippen LogP contribution in [0.4, 0.5) is 10.7 Å². The van der Waals surface area contributed by atoms with E-state index in [0.717, 1.165) is 5.56 Å². The van der Waals surface area contributed by atoms with Crippen molar-refractivity contribution in [2.24, 2.45) is 0 Å². The third-order valence-electron chi connectivity index (χ3n) is 2.54. The molecular weight excluding hydrogens is 258 g/mol. The zero-order chi connectivity index (χ0) is 14.2. The highest BCUT2D eigenvalue weighted by Gasteiger charge is 2.18. The van der Waals surface area contributed by atoms with Crippen LogP contribution in [0, 0.1) is 0 Å². The lowest BCUT2D eigenvalue weighted by atomic mass is 10.2. The summed E-state index contributed by atoms with van der Waals surface area (Å²) in [6, 6.07) is 11.0. The number of amides is 1. The van der Waals surface area contributed by atoms with Crippen LogP contribution in [0.3, 0.4) is 0 Å². The van der Waals surface area contributed by atoms with Crippen LogP contribution in [-0.2, 0) is 11.3 Å². The number of aliphatic hydroxyl groups is 1. The first-order valence-electron chi connectivity index (χ1n) is 6.17. The van der Waals surface area contributed by atoms with E-state index in [-0.39, 0.29) is 25.7 Å². The minimum Gasteiger partial charge on any atom is -0.444 e. The smallest absolute Gasteiger partial charge is 0.417 e. The molecule has 0 saturated heterocycles. The number of benzene rings is 1. The standard InChI is InChI=1S/C14H15N3O3/c18-10-9-17(13-15-7-4-8-16-13)14(19)20-11-12-5-2-1-3-6-12/h1-8,18H,9-11H2. The summed E-state index contributed by atoms with van der Waals surface area (Å²) >= 11 is 0. The van der Waals surface area contributed by atoms with Crippen molar-refractivity contribution in [1.29, 1.82) is 0 Å². The van der Waals surface area contributed by atoms with E-state index in [1.54, 1.807) is 6.07 Å². The number of hydrogen-bond donors (Lipinski definition) is 1. The van der Waals surface area contributed by atoms with Crippen LogP contribution in [0.2, 0.25) is 0 Å². The summed E-state index contributed by atoms with van der Waals surface area (Å²) in [6.07, 6.45) is 2.46. The predicted molar refractivity (Wildman–Crippen MR) is 73.1 cm³/mol. The van der Waals surface area contributed by atoms with E-state index in [2.05, 4.69) is 9.97 Å². The fourth-order valence-corrected chi connectivity index (χ4v) is 1.60. The van der Waals surface area contributed by atoms with Crippen LogP contribution in [0.25, 0.3) is 0 Å². The zero-order valence-corrected chi connectivity index (χ0v) is 10.8. The van der Waals surface area contributed by atoms with Gasteiger partial charge in [-0.3, -0.25) is 0 Å². The number of aliphatic hydroxyl groups excluding tert-OH is 1. The molecule has 1 N–H and O–H groups in total. The van der Waals surface area contributed by atoms with Crippen molar-refractivity contribution >= 4 is 12.0 Å². The Balaban J connectivity index is 2.01. The van der Waals surface area contributed by atoms with Gasteiger partial charge >= 0.3 is 6.09 Å². The molecule has 104 valence electrons. The molecule has 0 saturated carbocycles. The Morgan fingerprint density at radius 1 is 1.15 bits per heavy atom. The second-order valence-electron chi connectivity index (χ2n) is 3.96. The quantitative estimate of drug-likeness (QED) is 0.895. The first-order valence-corrected chi connectivity index (χ1v) is 6.17. The Morgan fingerprint density at radius 2 is 1.85 bits per heavy atom. The van der Waals surface area contributed by atoms with Gasteiger partial charge in [-0.15, -0.1) is 0 Å². The number of hydrogen-bond acceptors (Lipinski definition) is 5. The Labute approximate surface area is 116 Å². The Bertz CT molecular complexity index is 534. The Kier molecular flexibility index (Phi) is 5.02. The molecule has 0 aliphatic rings. The summed E-state index contributed by atoms with van der Waals surface area (Å²) in [7, 11) is 0. The molecule has 20 heavy (non-hydrogen) atoms. The Hall–Kier alpha value is -2.47. The number of ether oxygens (including phenoxy) is 1.